The minimum atomic E-state index is -0.0297. The Morgan fingerprint density at radius 2 is 1.64 bits per heavy atom. The molecular formula is C24H35N3O+2. The number of hydrogen-bond donors (Lipinski definition) is 3. The second-order valence-corrected chi connectivity index (χ2v) is 8.48. The second kappa shape index (κ2) is 9.35. The van der Waals surface area contributed by atoms with Crippen LogP contribution >= 0.6 is 0 Å². The fourth-order valence-corrected chi connectivity index (χ4v) is 4.18. The van der Waals surface area contributed by atoms with Gasteiger partial charge in [0.2, 0.25) is 0 Å². The fourth-order valence-electron chi connectivity index (χ4n) is 4.18. The van der Waals surface area contributed by atoms with Gasteiger partial charge >= 0.3 is 0 Å². The molecule has 0 aromatic heterocycles. The summed E-state index contributed by atoms with van der Waals surface area (Å²) in [7, 11) is 0. The van der Waals surface area contributed by atoms with Gasteiger partial charge < -0.3 is 15.1 Å². The van der Waals surface area contributed by atoms with E-state index < -0.39 is 0 Å². The minimum absolute atomic E-state index is 0.0297. The van der Waals surface area contributed by atoms with Crippen molar-refractivity contribution < 1.29 is 14.6 Å². The number of carbonyl (C=O) groups is 1. The number of para-hydroxylation sites is 1. The quantitative estimate of drug-likeness (QED) is 0.696. The van der Waals surface area contributed by atoms with Crippen LogP contribution in [0.2, 0.25) is 0 Å². The summed E-state index contributed by atoms with van der Waals surface area (Å²) < 4.78 is 0. The van der Waals surface area contributed by atoms with Gasteiger partial charge in [-0.25, -0.2) is 0 Å². The van der Waals surface area contributed by atoms with Gasteiger partial charge in [0.05, 0.1) is 0 Å². The zero-order valence-corrected chi connectivity index (χ0v) is 17.7. The molecule has 1 saturated heterocycles. The van der Waals surface area contributed by atoms with Crippen molar-refractivity contribution in [2.24, 2.45) is 0 Å². The number of carbonyl (C=O) groups excluding carboxylic acids is 1. The molecule has 1 heterocycles. The number of rotatable bonds is 6. The van der Waals surface area contributed by atoms with E-state index in [-0.39, 0.29) is 11.9 Å². The lowest BCUT2D eigenvalue weighted by atomic mass is 9.98. The molecule has 28 heavy (non-hydrogen) atoms. The predicted octanol–water partition coefficient (Wildman–Crippen LogP) is 1.43. The molecule has 0 spiro atoms. The van der Waals surface area contributed by atoms with Crippen LogP contribution in [-0.4, -0.2) is 38.1 Å². The molecule has 0 aliphatic carbocycles. The first-order chi connectivity index (χ1) is 13.5. The van der Waals surface area contributed by atoms with Gasteiger partial charge in [-0.3, -0.25) is 4.79 Å². The van der Waals surface area contributed by atoms with E-state index in [4.69, 9.17) is 0 Å². The van der Waals surface area contributed by atoms with Crippen LogP contribution in [0.25, 0.3) is 0 Å². The summed E-state index contributed by atoms with van der Waals surface area (Å²) in [4.78, 5) is 16.0. The lowest BCUT2D eigenvalue weighted by Crippen LogP contribution is -3.29. The van der Waals surface area contributed by atoms with E-state index in [0.29, 0.717) is 5.92 Å². The molecular weight excluding hydrogens is 346 g/mol. The zero-order chi connectivity index (χ0) is 20.1. The topological polar surface area (TPSA) is 38.0 Å². The molecule has 0 bridgehead atoms. The van der Waals surface area contributed by atoms with Crippen molar-refractivity contribution in [2.45, 2.75) is 46.2 Å². The van der Waals surface area contributed by atoms with Gasteiger partial charge in [0.25, 0.3) is 5.91 Å². The Morgan fingerprint density at radius 3 is 2.29 bits per heavy atom. The molecule has 1 amide bonds. The summed E-state index contributed by atoms with van der Waals surface area (Å²) in [5.74, 6) is 0.528. The largest absolute Gasteiger partial charge is 0.322 e. The normalized spacial score (nSPS) is 20.8. The molecule has 150 valence electrons. The summed E-state index contributed by atoms with van der Waals surface area (Å²) in [6.45, 7) is 13.9. The standard InChI is InChI=1S/C24H33N3O/c1-18(2)22-12-8-9-19(3)23(22)25-24(28)20(4)27-15-13-26(14-16-27)17-21-10-6-5-7-11-21/h5-12,18,20H,13-17H2,1-4H3,(H,25,28)/p+2/t20-/m0/s1. The van der Waals surface area contributed by atoms with E-state index in [1.807, 2.05) is 0 Å². The Morgan fingerprint density at radius 1 is 0.964 bits per heavy atom. The molecule has 4 nitrogen and oxygen atoms in total. The highest BCUT2D eigenvalue weighted by Gasteiger charge is 2.31. The summed E-state index contributed by atoms with van der Waals surface area (Å²) in [6.07, 6.45) is 0. The third kappa shape index (κ3) is 5.00. The molecule has 4 heteroatoms. The maximum atomic E-state index is 13.0. The van der Waals surface area contributed by atoms with Gasteiger partial charge in [-0.15, -0.1) is 0 Å². The van der Waals surface area contributed by atoms with Crippen molar-refractivity contribution in [3.8, 4) is 0 Å². The molecule has 1 aliphatic heterocycles. The van der Waals surface area contributed by atoms with Crippen LogP contribution < -0.4 is 15.1 Å². The lowest BCUT2D eigenvalue weighted by Gasteiger charge is -2.33. The van der Waals surface area contributed by atoms with Crippen LogP contribution in [0.4, 0.5) is 5.69 Å². The summed E-state index contributed by atoms with van der Waals surface area (Å²) in [6, 6.07) is 16.9. The van der Waals surface area contributed by atoms with E-state index in [2.05, 4.69) is 81.5 Å². The third-order valence-corrected chi connectivity index (χ3v) is 6.08. The van der Waals surface area contributed by atoms with Crippen LogP contribution in [0.3, 0.4) is 0 Å². The van der Waals surface area contributed by atoms with Crippen LogP contribution in [0.15, 0.2) is 48.5 Å². The van der Waals surface area contributed by atoms with Gasteiger partial charge in [-0.05, 0) is 30.9 Å². The highest BCUT2D eigenvalue weighted by Crippen LogP contribution is 2.27. The number of amides is 1. The van der Waals surface area contributed by atoms with Gasteiger partial charge in [0.15, 0.2) is 6.04 Å². The Labute approximate surface area is 169 Å². The van der Waals surface area contributed by atoms with Gasteiger partial charge in [-0.2, -0.15) is 0 Å². The Kier molecular flexibility index (Phi) is 6.87. The number of aryl methyl sites for hydroxylation is 1. The van der Waals surface area contributed by atoms with Crippen molar-refractivity contribution in [3.05, 3.63) is 65.2 Å². The smallest absolute Gasteiger partial charge is 0.282 e. The first-order valence-electron chi connectivity index (χ1n) is 10.6. The van der Waals surface area contributed by atoms with Crippen molar-refractivity contribution >= 4 is 11.6 Å². The molecule has 2 aromatic carbocycles. The SMILES string of the molecule is Cc1cccc(C(C)C)c1NC(=O)[C@H](C)[NH+]1CC[NH+](Cc2ccccc2)CC1. The molecule has 3 N–H and O–H groups in total. The molecule has 0 unspecified atom stereocenters. The van der Waals surface area contributed by atoms with E-state index in [0.717, 1.165) is 44.0 Å². The zero-order valence-electron chi connectivity index (χ0n) is 17.7. The minimum Gasteiger partial charge on any atom is -0.322 e. The monoisotopic (exact) mass is 381 g/mol. The average molecular weight is 382 g/mol. The van der Waals surface area contributed by atoms with E-state index in [1.165, 1.54) is 16.0 Å². The van der Waals surface area contributed by atoms with Crippen LogP contribution in [0.5, 0.6) is 0 Å². The van der Waals surface area contributed by atoms with Gasteiger partial charge in [0, 0.05) is 11.3 Å². The third-order valence-electron chi connectivity index (χ3n) is 6.08. The summed E-state index contributed by atoms with van der Waals surface area (Å²) in [5.41, 5.74) is 4.75. The average Bonchev–Trinajstić information content (AvgIpc) is 2.70. The van der Waals surface area contributed by atoms with Crippen molar-refractivity contribution in [2.75, 3.05) is 31.5 Å². The molecule has 3 rings (SSSR count). The first-order valence-corrected chi connectivity index (χ1v) is 10.6. The molecule has 1 atom stereocenters. The molecule has 0 radical (unpaired) electrons. The number of benzene rings is 2. The number of hydrogen-bond acceptors (Lipinski definition) is 1. The lowest BCUT2D eigenvalue weighted by molar-refractivity contribution is -1.02. The molecule has 2 aromatic rings. The predicted molar refractivity (Wildman–Crippen MR) is 115 cm³/mol. The number of piperazine rings is 1. The number of anilines is 1. The second-order valence-electron chi connectivity index (χ2n) is 8.48. The van der Waals surface area contributed by atoms with Gasteiger partial charge in [0.1, 0.15) is 32.7 Å². The van der Waals surface area contributed by atoms with Crippen LogP contribution in [-0.2, 0) is 11.3 Å². The summed E-state index contributed by atoms with van der Waals surface area (Å²) in [5, 5.41) is 3.24. The van der Waals surface area contributed by atoms with Crippen LogP contribution in [0.1, 0.15) is 43.4 Å². The van der Waals surface area contributed by atoms with E-state index in [9.17, 15) is 4.79 Å². The number of quaternary nitrogens is 2. The fraction of sp³-hybridized carbons (Fsp3) is 0.458. The van der Waals surface area contributed by atoms with Crippen molar-refractivity contribution in [1.29, 1.82) is 0 Å². The Bertz CT molecular complexity index is 780. The van der Waals surface area contributed by atoms with Crippen molar-refractivity contribution in [1.82, 2.24) is 0 Å². The number of nitrogens with one attached hydrogen (secondary N) is 3. The maximum Gasteiger partial charge on any atom is 0.282 e. The van der Waals surface area contributed by atoms with Crippen LogP contribution in [0, 0.1) is 6.92 Å². The maximum absolute atomic E-state index is 13.0. The Balaban J connectivity index is 1.57. The Hall–Kier alpha value is -2.17. The van der Waals surface area contributed by atoms with E-state index >= 15 is 0 Å². The molecule has 1 fully saturated rings. The van der Waals surface area contributed by atoms with Crippen molar-refractivity contribution in [3.63, 3.8) is 0 Å². The molecule has 0 saturated carbocycles. The summed E-state index contributed by atoms with van der Waals surface area (Å²) >= 11 is 0. The van der Waals surface area contributed by atoms with E-state index in [1.54, 1.807) is 4.90 Å². The van der Waals surface area contributed by atoms with Gasteiger partial charge in [-0.1, -0.05) is 62.4 Å². The first kappa shape index (κ1) is 20.6. The highest BCUT2D eigenvalue weighted by molar-refractivity contribution is 5.95. The highest BCUT2D eigenvalue weighted by atomic mass is 16.2. The molecule has 1 aliphatic rings.